The molecule has 2 aromatic rings. The van der Waals surface area contributed by atoms with Crippen molar-refractivity contribution in [3.05, 3.63) is 59.1 Å². The Morgan fingerprint density at radius 2 is 1.77 bits per heavy atom. The second kappa shape index (κ2) is 7.79. The number of benzene rings is 2. The van der Waals surface area contributed by atoms with Crippen LogP contribution in [0, 0.1) is 5.92 Å². The van der Waals surface area contributed by atoms with Crippen molar-refractivity contribution in [1.29, 1.82) is 0 Å². The lowest BCUT2D eigenvalue weighted by Crippen LogP contribution is -2.52. The predicted molar refractivity (Wildman–Crippen MR) is 105 cm³/mol. The lowest BCUT2D eigenvalue weighted by Gasteiger charge is -2.27. The number of halogens is 1. The molecule has 0 radical (unpaired) electrons. The molecule has 0 saturated heterocycles. The zero-order valence-corrected chi connectivity index (χ0v) is 15.6. The molecule has 0 unspecified atom stereocenters. The summed E-state index contributed by atoms with van der Waals surface area (Å²) in [4.78, 5) is 27.2. The summed E-state index contributed by atoms with van der Waals surface area (Å²) in [5, 5.41) is 5.95. The Labute approximate surface area is 158 Å². The summed E-state index contributed by atoms with van der Waals surface area (Å²) in [5.41, 5.74) is 2.59. The van der Waals surface area contributed by atoms with E-state index in [2.05, 4.69) is 10.6 Å². The van der Waals surface area contributed by atoms with Crippen molar-refractivity contribution in [1.82, 2.24) is 5.32 Å². The number of carbonyl (C=O) groups excluding carboxylic acids is 2. The van der Waals surface area contributed by atoms with Crippen molar-refractivity contribution >= 4 is 34.9 Å². The van der Waals surface area contributed by atoms with Crippen molar-refractivity contribution < 1.29 is 9.59 Å². The van der Waals surface area contributed by atoms with E-state index >= 15 is 0 Å². The molecule has 3 amide bonds. The highest BCUT2D eigenvalue weighted by molar-refractivity contribution is 6.33. The number of para-hydroxylation sites is 2. The number of amides is 3. The number of nitrogens with one attached hydrogen (secondary N) is 2. The number of anilines is 2. The Balaban J connectivity index is 1.72. The Hall–Kier alpha value is -2.53. The average Bonchev–Trinajstić information content (AvgIpc) is 3.05. The van der Waals surface area contributed by atoms with Gasteiger partial charge < -0.3 is 15.5 Å². The average molecular weight is 372 g/mol. The Bertz CT molecular complexity index is 822. The zero-order chi connectivity index (χ0) is 18.7. The van der Waals surface area contributed by atoms with E-state index in [9.17, 15) is 9.59 Å². The van der Waals surface area contributed by atoms with Gasteiger partial charge in [-0.1, -0.05) is 55.8 Å². The molecule has 5 nitrogen and oxygen atoms in total. The molecule has 1 atom stereocenters. The van der Waals surface area contributed by atoms with Crippen LogP contribution < -0.4 is 15.5 Å². The van der Waals surface area contributed by atoms with Crippen LogP contribution in [0.5, 0.6) is 0 Å². The molecule has 1 aliphatic rings. The molecule has 2 aromatic carbocycles. The molecule has 3 rings (SSSR count). The number of nitrogens with zero attached hydrogens (tertiary/aromatic N) is 1. The second-order valence-corrected chi connectivity index (χ2v) is 7.08. The number of urea groups is 1. The maximum absolute atomic E-state index is 13.1. The fourth-order valence-corrected chi connectivity index (χ4v) is 3.29. The monoisotopic (exact) mass is 371 g/mol. The van der Waals surface area contributed by atoms with Gasteiger partial charge in [-0.2, -0.15) is 0 Å². The summed E-state index contributed by atoms with van der Waals surface area (Å²) in [6.07, 6.45) is 0.832. The van der Waals surface area contributed by atoms with Gasteiger partial charge in [0.15, 0.2) is 0 Å². The van der Waals surface area contributed by atoms with E-state index in [1.807, 2.05) is 38.1 Å². The first-order chi connectivity index (χ1) is 12.5. The molecule has 0 bridgehead atoms. The van der Waals surface area contributed by atoms with Crippen LogP contribution in [-0.2, 0) is 11.2 Å². The molecule has 6 heteroatoms. The van der Waals surface area contributed by atoms with Crippen molar-refractivity contribution in [3.8, 4) is 0 Å². The molecule has 2 N–H and O–H groups in total. The molecule has 0 spiro atoms. The molecular weight excluding hydrogens is 350 g/mol. The fraction of sp³-hybridized carbons (Fsp3) is 0.300. The van der Waals surface area contributed by atoms with Crippen LogP contribution in [-0.4, -0.2) is 24.5 Å². The first-order valence-corrected chi connectivity index (χ1v) is 9.06. The van der Waals surface area contributed by atoms with Crippen molar-refractivity contribution in [3.63, 3.8) is 0 Å². The summed E-state index contributed by atoms with van der Waals surface area (Å²) >= 11 is 6.07. The molecular formula is C20H22ClN3O2. The van der Waals surface area contributed by atoms with Gasteiger partial charge in [0.1, 0.15) is 6.04 Å². The van der Waals surface area contributed by atoms with Crippen LogP contribution in [0.1, 0.15) is 19.4 Å². The summed E-state index contributed by atoms with van der Waals surface area (Å²) < 4.78 is 0. The summed E-state index contributed by atoms with van der Waals surface area (Å²) in [6, 6.07) is 13.8. The number of carbonyl (C=O) groups is 2. The Morgan fingerprint density at radius 3 is 2.50 bits per heavy atom. The van der Waals surface area contributed by atoms with Crippen LogP contribution in [0.15, 0.2) is 48.5 Å². The highest BCUT2D eigenvalue weighted by Gasteiger charge is 2.32. The zero-order valence-electron chi connectivity index (χ0n) is 14.8. The summed E-state index contributed by atoms with van der Waals surface area (Å²) in [6.45, 7) is 4.47. The first kappa shape index (κ1) is 18.3. The van der Waals surface area contributed by atoms with Crippen LogP contribution in [0.3, 0.4) is 0 Å². The molecule has 136 valence electrons. The standard InChI is InChI=1S/C20H22ClN3O2/c1-13(2)18(23-20(26)22-16-9-5-4-8-15(16)21)19(25)24-12-11-14-7-3-6-10-17(14)24/h3-10,13,18H,11-12H2,1-2H3,(H2,22,23,26)/t18-/m0/s1. The lowest BCUT2D eigenvalue weighted by molar-refractivity contribution is -0.121. The van der Waals surface area contributed by atoms with Crippen LogP contribution in [0.2, 0.25) is 5.02 Å². The Kier molecular flexibility index (Phi) is 5.47. The normalized spacial score (nSPS) is 14.1. The summed E-state index contributed by atoms with van der Waals surface area (Å²) in [7, 11) is 0. The quantitative estimate of drug-likeness (QED) is 0.850. The minimum atomic E-state index is -0.622. The van der Waals surface area contributed by atoms with E-state index in [-0.39, 0.29) is 11.8 Å². The molecule has 26 heavy (non-hydrogen) atoms. The van der Waals surface area contributed by atoms with Gasteiger partial charge in [0.2, 0.25) is 5.91 Å². The molecule has 0 aromatic heterocycles. The second-order valence-electron chi connectivity index (χ2n) is 6.67. The van der Waals surface area contributed by atoms with Crippen molar-refractivity contribution in [2.45, 2.75) is 26.3 Å². The van der Waals surface area contributed by atoms with E-state index in [0.29, 0.717) is 17.3 Å². The molecule has 0 saturated carbocycles. The van der Waals surface area contributed by atoms with Gasteiger partial charge >= 0.3 is 6.03 Å². The van der Waals surface area contributed by atoms with Crippen molar-refractivity contribution in [2.75, 3.05) is 16.8 Å². The van der Waals surface area contributed by atoms with Crippen LogP contribution in [0.4, 0.5) is 16.2 Å². The molecule has 1 aliphatic heterocycles. The highest BCUT2D eigenvalue weighted by atomic mass is 35.5. The number of rotatable bonds is 4. The number of hydrogen-bond donors (Lipinski definition) is 2. The molecule has 1 heterocycles. The molecule has 0 aliphatic carbocycles. The van der Waals surface area contributed by atoms with E-state index in [1.54, 1.807) is 29.2 Å². The molecule has 0 fully saturated rings. The third-order valence-corrected chi connectivity index (χ3v) is 4.82. The SMILES string of the molecule is CC(C)[C@H](NC(=O)Nc1ccccc1Cl)C(=O)N1CCc2ccccc21. The van der Waals surface area contributed by atoms with Gasteiger partial charge in [-0.15, -0.1) is 0 Å². The van der Waals surface area contributed by atoms with Gasteiger partial charge in [0.05, 0.1) is 10.7 Å². The van der Waals surface area contributed by atoms with Gasteiger partial charge in [-0.3, -0.25) is 4.79 Å². The third kappa shape index (κ3) is 3.83. The van der Waals surface area contributed by atoms with E-state index < -0.39 is 12.1 Å². The first-order valence-electron chi connectivity index (χ1n) is 8.68. The fourth-order valence-electron chi connectivity index (χ4n) is 3.11. The number of hydrogen-bond acceptors (Lipinski definition) is 2. The highest BCUT2D eigenvalue weighted by Crippen LogP contribution is 2.28. The van der Waals surface area contributed by atoms with Gasteiger partial charge in [0.25, 0.3) is 0 Å². The number of fused-ring (bicyclic) bond motifs is 1. The predicted octanol–water partition coefficient (Wildman–Crippen LogP) is 4.08. The van der Waals surface area contributed by atoms with Crippen molar-refractivity contribution in [2.24, 2.45) is 5.92 Å². The van der Waals surface area contributed by atoms with E-state index in [0.717, 1.165) is 17.7 Å². The third-order valence-electron chi connectivity index (χ3n) is 4.49. The smallest absolute Gasteiger partial charge is 0.319 e. The van der Waals surface area contributed by atoms with E-state index in [4.69, 9.17) is 11.6 Å². The largest absolute Gasteiger partial charge is 0.326 e. The van der Waals surface area contributed by atoms with Gasteiger partial charge in [-0.05, 0) is 36.1 Å². The van der Waals surface area contributed by atoms with Gasteiger partial charge in [-0.25, -0.2) is 4.79 Å². The maximum atomic E-state index is 13.1. The summed E-state index contributed by atoms with van der Waals surface area (Å²) in [5.74, 6) is -0.147. The van der Waals surface area contributed by atoms with Gasteiger partial charge in [0, 0.05) is 12.2 Å². The minimum absolute atomic E-state index is 0.0488. The van der Waals surface area contributed by atoms with E-state index in [1.165, 1.54) is 0 Å². The van der Waals surface area contributed by atoms with Crippen LogP contribution >= 0.6 is 11.6 Å². The minimum Gasteiger partial charge on any atom is -0.326 e. The van der Waals surface area contributed by atoms with Crippen LogP contribution in [0.25, 0.3) is 0 Å². The maximum Gasteiger partial charge on any atom is 0.319 e. The Morgan fingerprint density at radius 1 is 1.08 bits per heavy atom. The lowest BCUT2D eigenvalue weighted by atomic mass is 10.0. The topological polar surface area (TPSA) is 61.4 Å².